The second-order valence-corrected chi connectivity index (χ2v) is 15.2. The number of fused-ring (bicyclic) bond motifs is 2. The summed E-state index contributed by atoms with van der Waals surface area (Å²) < 4.78 is 0. The first kappa shape index (κ1) is 27.9. The lowest BCUT2D eigenvalue weighted by molar-refractivity contribution is -0.199. The van der Waals surface area contributed by atoms with Gasteiger partial charge >= 0.3 is 0 Å². The van der Waals surface area contributed by atoms with Gasteiger partial charge in [0.25, 0.3) is 0 Å². The molecule has 0 radical (unpaired) electrons. The van der Waals surface area contributed by atoms with E-state index in [1.807, 2.05) is 13.8 Å². The Morgan fingerprint density at radius 2 is 1.68 bits per heavy atom. The Kier molecular flexibility index (Phi) is 6.52. The van der Waals surface area contributed by atoms with E-state index in [-0.39, 0.29) is 75.7 Å². The Labute approximate surface area is 225 Å². The normalized spacial score (nSPS) is 53.9. The van der Waals surface area contributed by atoms with Gasteiger partial charge in [-0.25, -0.2) is 0 Å². The average Bonchev–Trinajstić information content (AvgIpc) is 3.48. The molecular weight excluding hydrogens is 464 g/mol. The van der Waals surface area contributed by atoms with Crippen LogP contribution in [0.2, 0.25) is 0 Å². The molecule has 2 spiro atoms. The zero-order valence-electron chi connectivity index (χ0n) is 24.7. The third-order valence-electron chi connectivity index (χ3n) is 14.0. The summed E-state index contributed by atoms with van der Waals surface area (Å²) in [5.74, 6) is 0.896. The SMILES string of the molecule is CC[C@H](C)C(=O)N[C@H]1CCC23C[C@@]24[C@@H](CC[C@H]3[C@]1(C)CO)[C@]1(C)C[C@@H](O)[C@H]([C@H](C)N(C)C)[C@@]1(C)C[C@@H]4O. The zero-order valence-corrected chi connectivity index (χ0v) is 24.7. The van der Waals surface area contributed by atoms with E-state index in [1.165, 1.54) is 0 Å². The van der Waals surface area contributed by atoms with Gasteiger partial charge in [-0.05, 0) is 100 Å². The van der Waals surface area contributed by atoms with Gasteiger partial charge in [-0.2, -0.15) is 0 Å². The summed E-state index contributed by atoms with van der Waals surface area (Å²) in [6, 6.07) is 0.221. The first-order chi connectivity index (χ1) is 17.2. The van der Waals surface area contributed by atoms with Crippen LogP contribution in [0, 0.1) is 50.7 Å². The van der Waals surface area contributed by atoms with Gasteiger partial charge in [0.1, 0.15) is 0 Å². The van der Waals surface area contributed by atoms with Crippen LogP contribution >= 0.6 is 0 Å². The molecule has 0 saturated heterocycles. The first-order valence-electron chi connectivity index (χ1n) is 15.1. The van der Waals surface area contributed by atoms with E-state index in [0.29, 0.717) is 11.8 Å². The molecule has 13 atom stereocenters. The largest absolute Gasteiger partial charge is 0.396 e. The maximum absolute atomic E-state index is 12.9. The standard InChI is InChI=1S/C31H54N2O4/c1-9-18(2)26(37)32-23-12-13-30-16-31(30)22(11-10-21(30)27(23,4)17-34)28(5)14-20(35)25(19(3)33(7)8)29(28,6)15-24(31)36/h18-25,34-36H,9-17H2,1-8H3,(H,32,37)/t18-,19-,20+,21-,22-,23-,24-,25-,27-,28-,29+,30?,31-/m0/s1. The number of hydrogen-bond donors (Lipinski definition) is 4. The van der Waals surface area contributed by atoms with Gasteiger partial charge in [0.15, 0.2) is 0 Å². The topological polar surface area (TPSA) is 93.0 Å². The Balaban J connectivity index is 1.49. The third-order valence-corrected chi connectivity index (χ3v) is 14.0. The first-order valence-corrected chi connectivity index (χ1v) is 15.1. The monoisotopic (exact) mass is 518 g/mol. The van der Waals surface area contributed by atoms with Crippen molar-refractivity contribution < 1.29 is 20.1 Å². The van der Waals surface area contributed by atoms with Crippen molar-refractivity contribution in [2.45, 2.75) is 117 Å². The van der Waals surface area contributed by atoms with E-state index < -0.39 is 0 Å². The molecule has 212 valence electrons. The molecule has 0 aliphatic heterocycles. The molecule has 0 aromatic carbocycles. The van der Waals surface area contributed by atoms with Crippen LogP contribution in [0.4, 0.5) is 0 Å². The van der Waals surface area contributed by atoms with Gasteiger partial charge in [0, 0.05) is 34.7 Å². The van der Waals surface area contributed by atoms with Gasteiger partial charge in [-0.3, -0.25) is 4.79 Å². The van der Waals surface area contributed by atoms with Gasteiger partial charge in [-0.1, -0.05) is 34.6 Å². The van der Waals surface area contributed by atoms with Crippen LogP contribution in [0.25, 0.3) is 0 Å². The van der Waals surface area contributed by atoms with Crippen molar-refractivity contribution in [2.75, 3.05) is 20.7 Å². The predicted molar refractivity (Wildman–Crippen MR) is 146 cm³/mol. The molecule has 1 unspecified atom stereocenters. The number of hydrogen-bond acceptors (Lipinski definition) is 5. The fourth-order valence-corrected chi connectivity index (χ4v) is 11.5. The van der Waals surface area contributed by atoms with Crippen LogP contribution in [0.1, 0.15) is 92.9 Å². The Morgan fingerprint density at radius 1 is 1.03 bits per heavy atom. The second kappa shape index (κ2) is 8.65. The number of rotatable bonds is 6. The summed E-state index contributed by atoms with van der Waals surface area (Å²) in [7, 11) is 4.21. The minimum Gasteiger partial charge on any atom is -0.396 e. The van der Waals surface area contributed by atoms with Gasteiger partial charge in [-0.15, -0.1) is 0 Å². The van der Waals surface area contributed by atoms with Gasteiger partial charge in [0.05, 0.1) is 18.8 Å². The van der Waals surface area contributed by atoms with Crippen LogP contribution in [-0.4, -0.2) is 71.1 Å². The molecule has 5 aliphatic rings. The Hall–Kier alpha value is -0.690. The fourth-order valence-electron chi connectivity index (χ4n) is 11.5. The number of amides is 1. The van der Waals surface area contributed by atoms with E-state index in [9.17, 15) is 20.1 Å². The van der Waals surface area contributed by atoms with Crippen LogP contribution < -0.4 is 5.32 Å². The number of nitrogens with zero attached hydrogens (tertiary/aromatic N) is 1. The van der Waals surface area contributed by atoms with Crippen LogP contribution in [0.15, 0.2) is 0 Å². The zero-order chi connectivity index (χ0) is 27.3. The maximum atomic E-state index is 12.9. The van der Waals surface area contributed by atoms with Crippen LogP contribution in [0.5, 0.6) is 0 Å². The molecule has 4 N–H and O–H groups in total. The van der Waals surface area contributed by atoms with Crippen molar-refractivity contribution >= 4 is 5.91 Å². The van der Waals surface area contributed by atoms with Crippen molar-refractivity contribution in [3.8, 4) is 0 Å². The molecule has 5 aliphatic carbocycles. The van der Waals surface area contributed by atoms with E-state index in [0.717, 1.165) is 51.4 Å². The lowest BCUT2D eigenvalue weighted by Crippen LogP contribution is -2.64. The minimum absolute atomic E-state index is 0.0215. The van der Waals surface area contributed by atoms with Gasteiger partial charge < -0.3 is 25.5 Å². The molecular formula is C31H54N2O4. The van der Waals surface area contributed by atoms with Crippen molar-refractivity contribution in [1.82, 2.24) is 10.2 Å². The molecule has 0 aromatic heterocycles. The number of aliphatic hydroxyl groups excluding tert-OH is 3. The smallest absolute Gasteiger partial charge is 0.223 e. The lowest BCUT2D eigenvalue weighted by atomic mass is 9.41. The highest BCUT2D eigenvalue weighted by Gasteiger charge is 2.85. The number of nitrogens with one attached hydrogen (secondary N) is 1. The Bertz CT molecular complexity index is 927. The summed E-state index contributed by atoms with van der Waals surface area (Å²) in [4.78, 5) is 15.1. The Morgan fingerprint density at radius 3 is 2.27 bits per heavy atom. The van der Waals surface area contributed by atoms with E-state index in [2.05, 4.69) is 52.0 Å². The van der Waals surface area contributed by atoms with E-state index >= 15 is 0 Å². The van der Waals surface area contributed by atoms with Gasteiger partial charge in [0.2, 0.25) is 5.91 Å². The molecule has 6 nitrogen and oxygen atoms in total. The number of aliphatic hydroxyl groups is 3. The summed E-state index contributed by atoms with van der Waals surface area (Å²) in [5, 5.41) is 37.8. The van der Waals surface area contributed by atoms with Crippen molar-refractivity contribution in [3.05, 3.63) is 0 Å². The lowest BCUT2D eigenvalue weighted by Gasteiger charge is -2.65. The predicted octanol–water partition coefficient (Wildman–Crippen LogP) is 3.82. The van der Waals surface area contributed by atoms with Crippen molar-refractivity contribution in [1.29, 1.82) is 0 Å². The maximum Gasteiger partial charge on any atom is 0.223 e. The van der Waals surface area contributed by atoms with Crippen LogP contribution in [-0.2, 0) is 4.79 Å². The fraction of sp³-hybridized carbons (Fsp3) is 0.968. The van der Waals surface area contributed by atoms with Crippen LogP contribution in [0.3, 0.4) is 0 Å². The molecule has 5 fully saturated rings. The third kappa shape index (κ3) is 3.28. The molecule has 0 heterocycles. The van der Waals surface area contributed by atoms with Crippen molar-refractivity contribution in [2.24, 2.45) is 50.7 Å². The molecule has 5 rings (SSSR count). The molecule has 1 amide bonds. The second-order valence-electron chi connectivity index (χ2n) is 15.2. The quantitative estimate of drug-likeness (QED) is 0.429. The molecule has 0 bridgehead atoms. The summed E-state index contributed by atoms with van der Waals surface area (Å²) >= 11 is 0. The summed E-state index contributed by atoms with van der Waals surface area (Å²) in [6.45, 7) is 13.3. The molecule has 6 heteroatoms. The minimum atomic E-state index is -0.381. The van der Waals surface area contributed by atoms with E-state index in [4.69, 9.17) is 0 Å². The highest BCUT2D eigenvalue weighted by Crippen LogP contribution is 2.88. The summed E-state index contributed by atoms with van der Waals surface area (Å²) in [6.07, 6.45) is 6.63. The van der Waals surface area contributed by atoms with E-state index in [1.54, 1.807) is 0 Å². The molecule has 5 saturated carbocycles. The highest BCUT2D eigenvalue weighted by atomic mass is 16.3. The number of carbonyl (C=O) groups excluding carboxylic acids is 1. The average molecular weight is 519 g/mol. The number of carbonyl (C=O) groups is 1. The molecule has 0 aromatic rings. The highest BCUT2D eigenvalue weighted by molar-refractivity contribution is 5.78. The summed E-state index contributed by atoms with van der Waals surface area (Å²) in [5.41, 5.74) is -0.613. The van der Waals surface area contributed by atoms with Crippen molar-refractivity contribution in [3.63, 3.8) is 0 Å². The molecule has 37 heavy (non-hydrogen) atoms.